The number of hydrogen-bond acceptors (Lipinski definition) is 5. The molecular weight excluding hydrogens is 302 g/mol. The first-order valence-corrected chi connectivity index (χ1v) is 8.72. The van der Waals surface area contributed by atoms with Gasteiger partial charge in [0.05, 0.1) is 11.7 Å². The number of aryl methyl sites for hydroxylation is 1. The molecule has 0 bridgehead atoms. The van der Waals surface area contributed by atoms with Gasteiger partial charge in [-0.05, 0) is 6.42 Å². The van der Waals surface area contributed by atoms with Crippen LogP contribution in [0.3, 0.4) is 0 Å². The van der Waals surface area contributed by atoms with Crippen LogP contribution in [0.2, 0.25) is 0 Å². The maximum Gasteiger partial charge on any atom is 0.322 e. The van der Waals surface area contributed by atoms with Crippen LogP contribution in [-0.2, 0) is 21.9 Å². The summed E-state index contributed by atoms with van der Waals surface area (Å²) >= 11 is 1.37. The third kappa shape index (κ3) is 2.70. The van der Waals surface area contributed by atoms with Gasteiger partial charge in [0.1, 0.15) is 6.04 Å². The molecule has 0 saturated carbocycles. The van der Waals surface area contributed by atoms with Gasteiger partial charge in [0, 0.05) is 19.0 Å². The highest BCUT2D eigenvalue weighted by molar-refractivity contribution is 8.01. The van der Waals surface area contributed by atoms with Gasteiger partial charge in [-0.2, -0.15) is 4.31 Å². The first-order chi connectivity index (χ1) is 9.37. The zero-order valence-corrected chi connectivity index (χ0v) is 12.9. The Morgan fingerprint density at radius 1 is 1.60 bits per heavy atom. The Morgan fingerprint density at radius 2 is 2.30 bits per heavy atom. The molecule has 1 saturated heterocycles. The van der Waals surface area contributed by atoms with Gasteiger partial charge in [0.25, 0.3) is 10.0 Å². The van der Waals surface area contributed by atoms with Crippen molar-refractivity contribution in [3.8, 4) is 0 Å². The summed E-state index contributed by atoms with van der Waals surface area (Å²) in [5, 5.41) is 8.80. The number of imidazole rings is 1. The summed E-state index contributed by atoms with van der Waals surface area (Å²) < 4.78 is 27.9. The summed E-state index contributed by atoms with van der Waals surface area (Å²) in [5.74, 6) is -0.845. The molecule has 2 rings (SSSR count). The van der Waals surface area contributed by atoms with Gasteiger partial charge >= 0.3 is 5.97 Å². The van der Waals surface area contributed by atoms with Gasteiger partial charge in [-0.1, -0.05) is 13.3 Å². The number of hydrogen-bond donors (Lipinski definition) is 1. The minimum absolute atomic E-state index is 0.102. The zero-order chi connectivity index (χ0) is 14.9. The zero-order valence-electron chi connectivity index (χ0n) is 11.3. The van der Waals surface area contributed by atoms with Crippen molar-refractivity contribution in [1.29, 1.82) is 0 Å². The van der Waals surface area contributed by atoms with Crippen molar-refractivity contribution in [2.75, 3.05) is 5.75 Å². The van der Waals surface area contributed by atoms with E-state index in [2.05, 4.69) is 4.98 Å². The van der Waals surface area contributed by atoms with Crippen molar-refractivity contribution in [1.82, 2.24) is 13.9 Å². The van der Waals surface area contributed by atoms with Crippen LogP contribution < -0.4 is 0 Å². The van der Waals surface area contributed by atoms with Crippen LogP contribution in [0.5, 0.6) is 0 Å². The number of carbonyl (C=O) groups is 1. The fraction of sp³-hybridized carbons (Fsp3) is 0.636. The molecule has 2 heterocycles. The van der Waals surface area contributed by atoms with Crippen molar-refractivity contribution in [3.05, 3.63) is 12.5 Å². The molecule has 0 aromatic carbocycles. The molecule has 0 radical (unpaired) electrons. The lowest BCUT2D eigenvalue weighted by Gasteiger charge is -2.25. The van der Waals surface area contributed by atoms with Gasteiger partial charge in [-0.15, -0.1) is 11.8 Å². The molecule has 1 aromatic rings. The third-order valence-corrected chi connectivity index (χ3v) is 6.37. The van der Waals surface area contributed by atoms with Crippen molar-refractivity contribution in [2.45, 2.75) is 36.2 Å². The van der Waals surface area contributed by atoms with Crippen LogP contribution in [0.4, 0.5) is 0 Å². The Hall–Kier alpha value is -1.06. The predicted molar refractivity (Wildman–Crippen MR) is 74.8 cm³/mol. The summed E-state index contributed by atoms with van der Waals surface area (Å²) in [6, 6.07) is -1.02. The van der Waals surface area contributed by atoms with E-state index in [1.54, 1.807) is 7.05 Å². The molecule has 20 heavy (non-hydrogen) atoms. The molecule has 112 valence electrons. The summed E-state index contributed by atoms with van der Waals surface area (Å²) in [6.45, 7) is 1.94. The Bertz CT molecular complexity index is 599. The van der Waals surface area contributed by atoms with Crippen molar-refractivity contribution >= 4 is 27.8 Å². The molecule has 0 spiro atoms. The Morgan fingerprint density at radius 3 is 2.80 bits per heavy atom. The second-order valence-corrected chi connectivity index (χ2v) is 7.64. The first-order valence-electron chi connectivity index (χ1n) is 6.23. The van der Waals surface area contributed by atoms with E-state index in [4.69, 9.17) is 0 Å². The van der Waals surface area contributed by atoms with Crippen LogP contribution in [-0.4, -0.2) is 50.5 Å². The lowest BCUT2D eigenvalue weighted by atomic mass is 10.3. The minimum atomic E-state index is -3.88. The number of carboxylic acid groups (broad SMARTS) is 1. The average molecular weight is 319 g/mol. The lowest BCUT2D eigenvalue weighted by molar-refractivity contribution is -0.140. The number of sulfonamides is 1. The number of rotatable bonds is 5. The smallest absolute Gasteiger partial charge is 0.322 e. The van der Waals surface area contributed by atoms with Crippen LogP contribution >= 0.6 is 11.8 Å². The van der Waals surface area contributed by atoms with Gasteiger partial charge in [-0.25, -0.2) is 13.4 Å². The third-order valence-electron chi connectivity index (χ3n) is 3.08. The first kappa shape index (κ1) is 15.3. The van der Waals surface area contributed by atoms with Gasteiger partial charge in [-0.3, -0.25) is 4.79 Å². The van der Waals surface area contributed by atoms with Gasteiger partial charge < -0.3 is 9.67 Å². The second-order valence-electron chi connectivity index (χ2n) is 4.64. The highest BCUT2D eigenvalue weighted by Gasteiger charge is 2.46. The number of aliphatic carboxylic acids is 1. The molecule has 1 fully saturated rings. The summed E-state index contributed by atoms with van der Waals surface area (Å²) in [4.78, 5) is 15.2. The quantitative estimate of drug-likeness (QED) is 0.860. The molecule has 1 aromatic heterocycles. The number of nitrogens with zero attached hydrogens (tertiary/aromatic N) is 3. The molecule has 9 heteroatoms. The number of carboxylic acids is 1. The van der Waals surface area contributed by atoms with E-state index in [9.17, 15) is 18.3 Å². The van der Waals surface area contributed by atoms with E-state index in [0.29, 0.717) is 6.42 Å². The van der Waals surface area contributed by atoms with Crippen molar-refractivity contribution in [2.24, 2.45) is 7.05 Å². The van der Waals surface area contributed by atoms with Crippen molar-refractivity contribution in [3.63, 3.8) is 0 Å². The summed E-state index contributed by atoms with van der Waals surface area (Å²) in [7, 11) is -2.21. The molecular formula is C11H17N3O4S2. The van der Waals surface area contributed by atoms with Gasteiger partial charge in [0.15, 0.2) is 5.03 Å². The van der Waals surface area contributed by atoms with E-state index in [-0.39, 0.29) is 16.2 Å². The molecule has 1 aliphatic heterocycles. The van der Waals surface area contributed by atoms with E-state index in [0.717, 1.165) is 10.7 Å². The minimum Gasteiger partial charge on any atom is -0.480 e. The van der Waals surface area contributed by atoms with E-state index >= 15 is 0 Å². The van der Waals surface area contributed by atoms with Crippen molar-refractivity contribution < 1.29 is 18.3 Å². The molecule has 1 N–H and O–H groups in total. The molecule has 0 aliphatic carbocycles. The van der Waals surface area contributed by atoms with Crippen LogP contribution in [0.25, 0.3) is 0 Å². The predicted octanol–water partition coefficient (Wildman–Crippen LogP) is 0.737. The average Bonchev–Trinajstić information content (AvgIpc) is 2.96. The fourth-order valence-electron chi connectivity index (χ4n) is 2.14. The number of aromatic nitrogens is 2. The van der Waals surface area contributed by atoms with Crippen LogP contribution in [0, 0.1) is 0 Å². The lowest BCUT2D eigenvalue weighted by Crippen LogP contribution is -2.45. The monoisotopic (exact) mass is 319 g/mol. The highest BCUT2D eigenvalue weighted by Crippen LogP contribution is 2.36. The summed E-state index contributed by atoms with van der Waals surface area (Å²) in [6.07, 6.45) is 4.19. The Labute approximate surface area is 122 Å². The Kier molecular flexibility index (Phi) is 4.40. The van der Waals surface area contributed by atoms with Gasteiger partial charge in [0.2, 0.25) is 0 Å². The SMILES string of the molecule is CCCC1SCC(C(=O)O)N1S(=O)(=O)c1cn(C)cn1. The van der Waals surface area contributed by atoms with Crippen LogP contribution in [0.15, 0.2) is 17.6 Å². The maximum atomic E-state index is 12.6. The largest absolute Gasteiger partial charge is 0.480 e. The number of thioether (sulfide) groups is 1. The fourth-order valence-corrected chi connectivity index (χ4v) is 5.77. The topological polar surface area (TPSA) is 92.5 Å². The molecule has 2 atom stereocenters. The van der Waals surface area contributed by atoms with Crippen LogP contribution in [0.1, 0.15) is 19.8 Å². The maximum absolute atomic E-state index is 12.6. The normalized spacial score (nSPS) is 24.1. The summed E-state index contributed by atoms with van der Waals surface area (Å²) in [5.41, 5.74) is 0. The highest BCUT2D eigenvalue weighted by atomic mass is 32.2. The second kappa shape index (κ2) is 5.74. The van der Waals surface area contributed by atoms with E-state index < -0.39 is 22.0 Å². The molecule has 1 aliphatic rings. The Balaban J connectivity index is 2.41. The van der Waals surface area contributed by atoms with E-state index in [1.807, 2.05) is 6.92 Å². The standard InChI is InChI=1S/C11H17N3O4S2/c1-3-4-10-14(8(6-19-10)11(15)16)20(17,18)9-5-13(2)7-12-9/h5,7-8,10H,3-4,6H2,1-2H3,(H,15,16). The van der Waals surface area contributed by atoms with E-state index in [1.165, 1.54) is 28.9 Å². The molecule has 2 unspecified atom stereocenters. The molecule has 7 nitrogen and oxygen atoms in total. The molecule has 0 amide bonds.